The Kier molecular flexibility index (Phi) is 5.50. The Hall–Kier alpha value is -1.69. The maximum atomic E-state index is 4.41. The number of aromatic nitrogens is 3. The molecule has 0 bridgehead atoms. The molecule has 6 heteroatoms. The summed E-state index contributed by atoms with van der Waals surface area (Å²) in [6.07, 6.45) is 4.61. The van der Waals surface area contributed by atoms with Gasteiger partial charge in [0.25, 0.3) is 0 Å². The quantitative estimate of drug-likeness (QED) is 0.814. The second-order valence-electron chi connectivity index (χ2n) is 5.27. The lowest BCUT2D eigenvalue weighted by molar-refractivity contribution is 0.839. The van der Waals surface area contributed by atoms with Crippen LogP contribution in [0.1, 0.15) is 48.6 Å². The molecule has 0 saturated heterocycles. The number of nitrogens with one attached hydrogen (secondary N) is 2. The van der Waals surface area contributed by atoms with Gasteiger partial charge in [-0.3, -0.25) is 0 Å². The fraction of sp³-hybridized carbons (Fsp3) is 0.533. The van der Waals surface area contributed by atoms with Crippen molar-refractivity contribution in [2.24, 2.45) is 0 Å². The summed E-state index contributed by atoms with van der Waals surface area (Å²) in [5, 5.41) is 7.89. The van der Waals surface area contributed by atoms with E-state index in [1.807, 2.05) is 13.1 Å². The predicted octanol–water partition coefficient (Wildman–Crippen LogP) is 3.80. The van der Waals surface area contributed by atoms with Gasteiger partial charge in [0.05, 0.1) is 11.6 Å². The lowest BCUT2D eigenvalue weighted by Crippen LogP contribution is -2.11. The average Bonchev–Trinajstić information content (AvgIpc) is 2.88. The van der Waals surface area contributed by atoms with Gasteiger partial charge in [0.15, 0.2) is 0 Å². The molecule has 21 heavy (non-hydrogen) atoms. The first kappa shape index (κ1) is 15.7. The highest BCUT2D eigenvalue weighted by Gasteiger charge is 2.14. The van der Waals surface area contributed by atoms with Crippen LogP contribution in [0.4, 0.5) is 11.6 Å². The van der Waals surface area contributed by atoms with Crippen LogP contribution in [0, 0.1) is 6.92 Å². The van der Waals surface area contributed by atoms with E-state index in [4.69, 9.17) is 0 Å². The van der Waals surface area contributed by atoms with Gasteiger partial charge in [-0.1, -0.05) is 20.8 Å². The van der Waals surface area contributed by atoms with Crippen LogP contribution in [-0.4, -0.2) is 21.5 Å². The molecule has 5 nitrogen and oxygen atoms in total. The fourth-order valence-electron chi connectivity index (χ4n) is 2.13. The Balaban J connectivity index is 2.17. The van der Waals surface area contributed by atoms with Crippen LogP contribution in [0.3, 0.4) is 0 Å². The third-order valence-electron chi connectivity index (χ3n) is 3.10. The minimum atomic E-state index is 0.358. The largest absolute Gasteiger partial charge is 0.370 e. The number of anilines is 2. The molecule has 0 saturated carbocycles. The molecule has 0 radical (unpaired) electrons. The molecule has 2 aromatic rings. The van der Waals surface area contributed by atoms with Crippen LogP contribution in [-0.2, 0) is 6.54 Å². The number of hydrogen-bond donors (Lipinski definition) is 2. The number of rotatable bonds is 7. The molecular weight excluding hydrogens is 282 g/mol. The molecule has 0 spiro atoms. The topological polar surface area (TPSA) is 62.7 Å². The van der Waals surface area contributed by atoms with E-state index >= 15 is 0 Å². The van der Waals surface area contributed by atoms with Gasteiger partial charge in [-0.2, -0.15) is 0 Å². The zero-order valence-electron chi connectivity index (χ0n) is 13.1. The van der Waals surface area contributed by atoms with Gasteiger partial charge in [-0.05, 0) is 19.3 Å². The van der Waals surface area contributed by atoms with Gasteiger partial charge in [-0.25, -0.2) is 15.0 Å². The third kappa shape index (κ3) is 4.14. The SMILES string of the molecule is CCCNc1ncnc(NCc2cnc(C)s2)c1C(C)C. The van der Waals surface area contributed by atoms with E-state index in [1.165, 1.54) is 4.88 Å². The van der Waals surface area contributed by atoms with E-state index in [9.17, 15) is 0 Å². The van der Waals surface area contributed by atoms with Crippen molar-refractivity contribution in [1.29, 1.82) is 0 Å². The average molecular weight is 305 g/mol. The number of nitrogens with zero attached hydrogens (tertiary/aromatic N) is 3. The molecule has 2 rings (SSSR count). The van der Waals surface area contributed by atoms with E-state index in [0.29, 0.717) is 5.92 Å². The highest BCUT2D eigenvalue weighted by molar-refractivity contribution is 7.11. The van der Waals surface area contributed by atoms with E-state index in [0.717, 1.165) is 41.7 Å². The third-order valence-corrected chi connectivity index (χ3v) is 4.02. The molecule has 0 aliphatic carbocycles. The van der Waals surface area contributed by atoms with Crippen molar-refractivity contribution in [1.82, 2.24) is 15.0 Å². The molecule has 114 valence electrons. The first-order chi connectivity index (χ1) is 10.1. The van der Waals surface area contributed by atoms with Crippen LogP contribution < -0.4 is 10.6 Å². The molecule has 0 aliphatic heterocycles. The van der Waals surface area contributed by atoms with Gasteiger partial charge in [-0.15, -0.1) is 11.3 Å². The van der Waals surface area contributed by atoms with Crippen molar-refractivity contribution in [3.63, 3.8) is 0 Å². The number of aryl methyl sites for hydroxylation is 1. The molecule has 0 unspecified atom stereocenters. The molecule has 0 fully saturated rings. The van der Waals surface area contributed by atoms with Crippen LogP contribution in [0.5, 0.6) is 0 Å². The van der Waals surface area contributed by atoms with E-state index in [2.05, 4.69) is 46.4 Å². The standard InChI is InChI=1S/C15H23N5S/c1-5-6-16-14-13(10(2)3)15(20-9-19-14)18-8-12-7-17-11(4)21-12/h7,9-10H,5-6,8H2,1-4H3,(H2,16,18,19,20). The van der Waals surface area contributed by atoms with Gasteiger partial charge in [0, 0.05) is 23.2 Å². The fourth-order valence-corrected chi connectivity index (χ4v) is 2.86. The Labute approximate surface area is 130 Å². The smallest absolute Gasteiger partial charge is 0.135 e. The normalized spacial score (nSPS) is 10.9. The molecule has 0 aliphatic rings. The predicted molar refractivity (Wildman–Crippen MR) is 89.1 cm³/mol. The van der Waals surface area contributed by atoms with E-state index < -0.39 is 0 Å². The van der Waals surface area contributed by atoms with E-state index in [-0.39, 0.29) is 0 Å². The van der Waals surface area contributed by atoms with Crippen molar-refractivity contribution in [3.05, 3.63) is 28.0 Å². The molecule has 2 aromatic heterocycles. The van der Waals surface area contributed by atoms with Gasteiger partial charge in [0.1, 0.15) is 18.0 Å². The zero-order valence-corrected chi connectivity index (χ0v) is 13.9. The Bertz CT molecular complexity index is 579. The maximum Gasteiger partial charge on any atom is 0.135 e. The van der Waals surface area contributed by atoms with Crippen molar-refractivity contribution in [3.8, 4) is 0 Å². The molecule has 2 N–H and O–H groups in total. The first-order valence-corrected chi connectivity index (χ1v) is 8.17. The molecular formula is C15H23N5S. The summed E-state index contributed by atoms with van der Waals surface area (Å²) in [7, 11) is 0. The van der Waals surface area contributed by atoms with Crippen molar-refractivity contribution < 1.29 is 0 Å². The van der Waals surface area contributed by atoms with Gasteiger partial charge in [0.2, 0.25) is 0 Å². The second-order valence-corrected chi connectivity index (χ2v) is 6.58. The number of thiazole rings is 1. The van der Waals surface area contributed by atoms with Crippen LogP contribution >= 0.6 is 11.3 Å². The highest BCUT2D eigenvalue weighted by Crippen LogP contribution is 2.28. The minimum absolute atomic E-state index is 0.358. The molecule has 2 heterocycles. The minimum Gasteiger partial charge on any atom is -0.370 e. The second kappa shape index (κ2) is 7.36. The summed E-state index contributed by atoms with van der Waals surface area (Å²) in [6.45, 7) is 10.2. The van der Waals surface area contributed by atoms with Crippen molar-refractivity contribution >= 4 is 23.0 Å². The lowest BCUT2D eigenvalue weighted by Gasteiger charge is -2.17. The Morgan fingerprint density at radius 2 is 1.86 bits per heavy atom. The lowest BCUT2D eigenvalue weighted by atomic mass is 10.0. The van der Waals surface area contributed by atoms with E-state index in [1.54, 1.807) is 17.7 Å². The molecule has 0 atom stereocenters. The summed E-state index contributed by atoms with van der Waals surface area (Å²) in [6, 6.07) is 0. The van der Waals surface area contributed by atoms with Crippen molar-refractivity contribution in [2.75, 3.05) is 17.2 Å². The Morgan fingerprint density at radius 1 is 1.14 bits per heavy atom. The molecule has 0 amide bonds. The first-order valence-electron chi connectivity index (χ1n) is 7.35. The Morgan fingerprint density at radius 3 is 2.43 bits per heavy atom. The maximum absolute atomic E-state index is 4.41. The van der Waals surface area contributed by atoms with Gasteiger partial charge >= 0.3 is 0 Å². The van der Waals surface area contributed by atoms with Crippen molar-refractivity contribution in [2.45, 2.75) is 46.6 Å². The summed E-state index contributed by atoms with van der Waals surface area (Å²) in [5.74, 6) is 2.20. The number of hydrogen-bond acceptors (Lipinski definition) is 6. The summed E-state index contributed by atoms with van der Waals surface area (Å²) in [5.41, 5.74) is 1.15. The summed E-state index contributed by atoms with van der Waals surface area (Å²) in [4.78, 5) is 14.3. The molecule has 0 aromatic carbocycles. The highest BCUT2D eigenvalue weighted by atomic mass is 32.1. The van der Waals surface area contributed by atoms with Crippen LogP contribution in [0.2, 0.25) is 0 Å². The van der Waals surface area contributed by atoms with Gasteiger partial charge < -0.3 is 10.6 Å². The zero-order chi connectivity index (χ0) is 15.2. The summed E-state index contributed by atoms with van der Waals surface area (Å²) >= 11 is 1.71. The van der Waals surface area contributed by atoms with Crippen LogP contribution in [0.25, 0.3) is 0 Å². The summed E-state index contributed by atoms with van der Waals surface area (Å²) < 4.78 is 0. The monoisotopic (exact) mass is 305 g/mol. The van der Waals surface area contributed by atoms with Crippen LogP contribution in [0.15, 0.2) is 12.5 Å².